The van der Waals surface area contributed by atoms with Gasteiger partial charge in [0.1, 0.15) is 6.61 Å². The van der Waals surface area contributed by atoms with Gasteiger partial charge in [0, 0.05) is 6.07 Å². The third kappa shape index (κ3) is 1.35. The number of nitrogens with zero attached hydrogens (tertiary/aromatic N) is 1. The first-order valence-electron chi connectivity index (χ1n) is 3.93. The molecule has 74 valence electrons. The van der Waals surface area contributed by atoms with Gasteiger partial charge >= 0.3 is 0 Å². The zero-order valence-electron chi connectivity index (χ0n) is 7.04. The summed E-state index contributed by atoms with van der Waals surface area (Å²) in [6.45, 7) is -0.289. The van der Waals surface area contributed by atoms with Gasteiger partial charge in [-0.2, -0.15) is 0 Å². The lowest BCUT2D eigenvalue weighted by Crippen LogP contribution is -2.22. The Morgan fingerprint density at radius 3 is 2.79 bits per heavy atom. The number of benzene rings is 1. The minimum absolute atomic E-state index is 0.0639. The number of non-ortho nitro benzene ring substituents is 1. The summed E-state index contributed by atoms with van der Waals surface area (Å²) >= 11 is 0. The van der Waals surface area contributed by atoms with E-state index in [9.17, 15) is 10.1 Å². The molecule has 0 spiro atoms. The fourth-order valence-corrected chi connectivity index (χ4v) is 1.18. The molecule has 0 saturated heterocycles. The molecule has 0 radical (unpaired) electrons. The Kier molecular flexibility index (Phi) is 1.97. The van der Waals surface area contributed by atoms with Crippen LogP contribution >= 0.6 is 0 Å². The molecular formula is C8H7NO5. The SMILES string of the molecule is O=[N+]([O-])c1ccc2c(c1)OC(CO)O2. The van der Waals surface area contributed by atoms with Gasteiger partial charge in [0.2, 0.25) is 0 Å². The summed E-state index contributed by atoms with van der Waals surface area (Å²) in [6.07, 6.45) is -0.757. The van der Waals surface area contributed by atoms with Crippen molar-refractivity contribution in [3.8, 4) is 11.5 Å². The summed E-state index contributed by atoms with van der Waals surface area (Å²) in [6, 6.07) is 4.04. The minimum Gasteiger partial charge on any atom is -0.448 e. The fraction of sp³-hybridized carbons (Fsp3) is 0.250. The molecule has 1 aromatic carbocycles. The molecule has 1 heterocycles. The van der Waals surface area contributed by atoms with Crippen LogP contribution in [0.2, 0.25) is 0 Å². The maximum Gasteiger partial charge on any atom is 0.273 e. The molecule has 0 saturated carbocycles. The molecule has 0 bridgehead atoms. The van der Waals surface area contributed by atoms with Crippen molar-refractivity contribution in [2.45, 2.75) is 6.29 Å². The van der Waals surface area contributed by atoms with Crippen LogP contribution in [0.3, 0.4) is 0 Å². The lowest BCUT2D eigenvalue weighted by atomic mass is 10.3. The highest BCUT2D eigenvalue weighted by molar-refractivity contribution is 5.50. The molecule has 1 N–H and O–H groups in total. The van der Waals surface area contributed by atoms with Crippen molar-refractivity contribution >= 4 is 5.69 Å². The predicted octanol–water partition coefficient (Wildman–Crippen LogP) is 0.684. The Hall–Kier alpha value is -1.82. The van der Waals surface area contributed by atoms with E-state index in [-0.39, 0.29) is 12.3 Å². The minimum atomic E-state index is -0.757. The Morgan fingerprint density at radius 2 is 2.14 bits per heavy atom. The average molecular weight is 197 g/mol. The largest absolute Gasteiger partial charge is 0.448 e. The molecule has 2 rings (SSSR count). The second-order valence-corrected chi connectivity index (χ2v) is 2.74. The van der Waals surface area contributed by atoms with E-state index in [1.807, 2.05) is 0 Å². The smallest absolute Gasteiger partial charge is 0.273 e. The van der Waals surface area contributed by atoms with Crippen molar-refractivity contribution in [2.75, 3.05) is 6.61 Å². The van der Waals surface area contributed by atoms with E-state index >= 15 is 0 Å². The molecule has 1 unspecified atom stereocenters. The predicted molar refractivity (Wildman–Crippen MR) is 45.2 cm³/mol. The summed E-state index contributed by atoms with van der Waals surface area (Å²) < 4.78 is 10.2. The van der Waals surface area contributed by atoms with Crippen molar-refractivity contribution < 1.29 is 19.5 Å². The molecule has 0 fully saturated rings. The van der Waals surface area contributed by atoms with Crippen LogP contribution in [0, 0.1) is 10.1 Å². The van der Waals surface area contributed by atoms with Crippen LogP contribution < -0.4 is 9.47 Å². The topological polar surface area (TPSA) is 81.8 Å². The highest BCUT2D eigenvalue weighted by atomic mass is 16.7. The molecule has 1 atom stereocenters. The maximum absolute atomic E-state index is 10.4. The van der Waals surface area contributed by atoms with Gasteiger partial charge in [-0.15, -0.1) is 0 Å². The summed E-state index contributed by atoms with van der Waals surface area (Å²) in [5.41, 5.74) is -0.0639. The van der Waals surface area contributed by atoms with Gasteiger partial charge in [0.25, 0.3) is 12.0 Å². The maximum atomic E-state index is 10.4. The van der Waals surface area contributed by atoms with E-state index in [1.54, 1.807) is 0 Å². The first-order valence-corrected chi connectivity index (χ1v) is 3.93. The molecule has 0 amide bonds. The van der Waals surface area contributed by atoms with Crippen LogP contribution in [0.1, 0.15) is 0 Å². The van der Waals surface area contributed by atoms with Crippen molar-refractivity contribution in [3.05, 3.63) is 28.3 Å². The second kappa shape index (κ2) is 3.15. The van der Waals surface area contributed by atoms with Crippen molar-refractivity contribution in [1.29, 1.82) is 0 Å². The van der Waals surface area contributed by atoms with Crippen LogP contribution in [0.5, 0.6) is 11.5 Å². The van der Waals surface area contributed by atoms with Crippen LogP contribution in [-0.4, -0.2) is 22.9 Å². The lowest BCUT2D eigenvalue weighted by molar-refractivity contribution is -0.384. The highest BCUT2D eigenvalue weighted by Crippen LogP contribution is 2.37. The monoisotopic (exact) mass is 197 g/mol. The fourth-order valence-electron chi connectivity index (χ4n) is 1.18. The Morgan fingerprint density at radius 1 is 1.43 bits per heavy atom. The number of ether oxygens (including phenoxy) is 2. The first-order chi connectivity index (χ1) is 6.70. The molecule has 1 aliphatic rings. The molecular weight excluding hydrogens is 190 g/mol. The molecule has 1 aromatic rings. The van der Waals surface area contributed by atoms with E-state index in [0.717, 1.165) is 0 Å². The third-order valence-corrected chi connectivity index (χ3v) is 1.80. The third-order valence-electron chi connectivity index (χ3n) is 1.80. The Bertz CT molecular complexity index is 378. The van der Waals surface area contributed by atoms with Gasteiger partial charge in [-0.1, -0.05) is 0 Å². The summed E-state index contributed by atoms with van der Waals surface area (Å²) in [5, 5.41) is 19.1. The van der Waals surface area contributed by atoms with Crippen LogP contribution in [0.25, 0.3) is 0 Å². The van der Waals surface area contributed by atoms with E-state index in [2.05, 4.69) is 0 Å². The number of rotatable bonds is 2. The van der Waals surface area contributed by atoms with Gasteiger partial charge in [-0.25, -0.2) is 0 Å². The van der Waals surface area contributed by atoms with E-state index in [4.69, 9.17) is 14.6 Å². The molecule has 0 aromatic heterocycles. The lowest BCUT2D eigenvalue weighted by Gasteiger charge is -2.03. The van der Waals surface area contributed by atoms with Gasteiger partial charge in [-0.05, 0) is 6.07 Å². The van der Waals surface area contributed by atoms with Crippen LogP contribution in [0.15, 0.2) is 18.2 Å². The first kappa shape index (κ1) is 8.76. The number of nitro groups is 1. The molecule has 6 nitrogen and oxygen atoms in total. The van der Waals surface area contributed by atoms with Crippen molar-refractivity contribution in [3.63, 3.8) is 0 Å². The zero-order valence-corrected chi connectivity index (χ0v) is 7.04. The van der Waals surface area contributed by atoms with Gasteiger partial charge in [0.15, 0.2) is 11.5 Å². The normalized spacial score (nSPS) is 18.2. The van der Waals surface area contributed by atoms with E-state index < -0.39 is 11.2 Å². The second-order valence-electron chi connectivity index (χ2n) is 2.74. The molecule has 1 aliphatic heterocycles. The van der Waals surface area contributed by atoms with Gasteiger partial charge < -0.3 is 14.6 Å². The molecule has 14 heavy (non-hydrogen) atoms. The standard InChI is InChI=1S/C8H7NO5/c10-4-8-13-6-2-1-5(9(11)12)3-7(6)14-8/h1-3,8,10H,4H2. The van der Waals surface area contributed by atoms with E-state index in [1.165, 1.54) is 18.2 Å². The number of aliphatic hydroxyl groups is 1. The Balaban J connectivity index is 2.31. The number of hydrogen-bond acceptors (Lipinski definition) is 5. The molecule has 6 heteroatoms. The van der Waals surface area contributed by atoms with Crippen molar-refractivity contribution in [1.82, 2.24) is 0 Å². The van der Waals surface area contributed by atoms with Crippen LogP contribution in [-0.2, 0) is 0 Å². The van der Waals surface area contributed by atoms with Gasteiger partial charge in [0.05, 0.1) is 11.0 Å². The summed E-state index contributed by atoms with van der Waals surface area (Å²) in [5.74, 6) is 0.702. The number of nitro benzene ring substituents is 1. The van der Waals surface area contributed by atoms with Gasteiger partial charge in [-0.3, -0.25) is 10.1 Å². The molecule has 0 aliphatic carbocycles. The van der Waals surface area contributed by atoms with Crippen LogP contribution in [0.4, 0.5) is 5.69 Å². The summed E-state index contributed by atoms with van der Waals surface area (Å²) in [4.78, 5) is 9.89. The Labute approximate surface area is 78.8 Å². The number of fused-ring (bicyclic) bond motifs is 1. The number of aliphatic hydroxyl groups excluding tert-OH is 1. The average Bonchev–Trinajstić information content (AvgIpc) is 2.58. The quantitative estimate of drug-likeness (QED) is 0.557. The number of hydrogen-bond donors (Lipinski definition) is 1. The van der Waals surface area contributed by atoms with E-state index in [0.29, 0.717) is 11.5 Å². The highest BCUT2D eigenvalue weighted by Gasteiger charge is 2.25. The van der Waals surface area contributed by atoms with Crippen molar-refractivity contribution in [2.24, 2.45) is 0 Å². The zero-order chi connectivity index (χ0) is 10.1. The summed E-state index contributed by atoms with van der Waals surface area (Å²) in [7, 11) is 0.